The van der Waals surface area contributed by atoms with Crippen molar-refractivity contribution in [3.8, 4) is 0 Å². The second-order valence-corrected chi connectivity index (χ2v) is 5.85. The summed E-state index contributed by atoms with van der Waals surface area (Å²) in [6.07, 6.45) is 4.37. The van der Waals surface area contributed by atoms with Gasteiger partial charge in [-0.25, -0.2) is 4.79 Å². The number of aromatic carboxylic acids is 1. The zero-order valence-electron chi connectivity index (χ0n) is 11.9. The highest BCUT2D eigenvalue weighted by Crippen LogP contribution is 2.36. The molecular weight excluding hydrogens is 270 g/mol. The van der Waals surface area contributed by atoms with Gasteiger partial charge in [0.1, 0.15) is 0 Å². The minimum atomic E-state index is -0.981. The van der Waals surface area contributed by atoms with E-state index < -0.39 is 5.97 Å². The van der Waals surface area contributed by atoms with E-state index in [-0.39, 0.29) is 17.1 Å². The van der Waals surface area contributed by atoms with Crippen LogP contribution in [0.3, 0.4) is 0 Å². The molecule has 1 amide bonds. The molecule has 0 aromatic heterocycles. The first-order chi connectivity index (χ1) is 10.1. The summed E-state index contributed by atoms with van der Waals surface area (Å²) < 4.78 is 5.92. The summed E-state index contributed by atoms with van der Waals surface area (Å²) in [5, 5.41) is 8.89. The van der Waals surface area contributed by atoms with Crippen LogP contribution in [0.5, 0.6) is 0 Å². The smallest absolute Gasteiger partial charge is 0.335 e. The molecular formula is C16H19NO4. The predicted molar refractivity (Wildman–Crippen MR) is 76.5 cm³/mol. The molecule has 5 heteroatoms. The Balaban J connectivity index is 1.73. The maximum Gasteiger partial charge on any atom is 0.335 e. The number of amides is 1. The van der Waals surface area contributed by atoms with E-state index in [0.717, 1.165) is 25.7 Å². The van der Waals surface area contributed by atoms with Gasteiger partial charge >= 0.3 is 5.97 Å². The third kappa shape index (κ3) is 2.78. The first kappa shape index (κ1) is 14.1. The summed E-state index contributed by atoms with van der Waals surface area (Å²) in [6, 6.07) is 6.12. The highest BCUT2D eigenvalue weighted by molar-refractivity contribution is 5.96. The van der Waals surface area contributed by atoms with E-state index in [4.69, 9.17) is 9.84 Å². The Bertz CT molecular complexity index is 546. The van der Waals surface area contributed by atoms with Crippen molar-refractivity contribution in [1.82, 2.24) is 4.90 Å². The molecule has 1 spiro atoms. The van der Waals surface area contributed by atoms with Crippen LogP contribution in [-0.4, -0.2) is 47.2 Å². The van der Waals surface area contributed by atoms with Gasteiger partial charge in [0.05, 0.1) is 24.3 Å². The van der Waals surface area contributed by atoms with Crippen LogP contribution in [0.2, 0.25) is 0 Å². The number of rotatable bonds is 2. The largest absolute Gasteiger partial charge is 0.478 e. The Morgan fingerprint density at radius 3 is 2.33 bits per heavy atom. The van der Waals surface area contributed by atoms with Gasteiger partial charge in [-0.15, -0.1) is 0 Å². The van der Waals surface area contributed by atoms with Crippen LogP contribution in [0.4, 0.5) is 0 Å². The van der Waals surface area contributed by atoms with E-state index >= 15 is 0 Å². The number of carboxylic acids is 1. The molecule has 1 aromatic rings. The summed E-state index contributed by atoms with van der Waals surface area (Å²) >= 11 is 0. The van der Waals surface area contributed by atoms with Crippen LogP contribution >= 0.6 is 0 Å². The molecule has 2 aliphatic rings. The summed E-state index contributed by atoms with van der Waals surface area (Å²) in [7, 11) is 0. The predicted octanol–water partition coefficient (Wildman–Crippen LogP) is 2.17. The van der Waals surface area contributed by atoms with Crippen molar-refractivity contribution in [3.05, 3.63) is 35.4 Å². The average molecular weight is 289 g/mol. The number of hydrogen-bond donors (Lipinski definition) is 1. The quantitative estimate of drug-likeness (QED) is 0.906. The summed E-state index contributed by atoms with van der Waals surface area (Å²) in [4.78, 5) is 25.2. The number of benzene rings is 1. The number of carbonyl (C=O) groups is 2. The van der Waals surface area contributed by atoms with Crippen molar-refractivity contribution in [2.24, 2.45) is 0 Å². The fourth-order valence-electron chi connectivity index (χ4n) is 3.28. The van der Waals surface area contributed by atoms with Crippen molar-refractivity contribution < 1.29 is 19.4 Å². The molecule has 0 bridgehead atoms. The maximum absolute atomic E-state index is 12.5. The number of carboxylic acid groups (broad SMARTS) is 1. The Morgan fingerprint density at radius 2 is 1.71 bits per heavy atom. The molecule has 1 saturated carbocycles. The number of ether oxygens (including phenoxy) is 1. The van der Waals surface area contributed by atoms with Gasteiger partial charge in [-0.1, -0.05) is 12.8 Å². The average Bonchev–Trinajstić information content (AvgIpc) is 2.94. The van der Waals surface area contributed by atoms with Gasteiger partial charge in [0.2, 0.25) is 0 Å². The Labute approximate surface area is 123 Å². The van der Waals surface area contributed by atoms with E-state index in [1.807, 2.05) is 4.90 Å². The van der Waals surface area contributed by atoms with E-state index in [2.05, 4.69) is 0 Å². The standard InChI is InChI=1S/C16H19NO4/c18-14(12-3-5-13(6-4-12)15(19)20)17-9-10-21-16(11-17)7-1-2-8-16/h3-6H,1-2,7-11H2,(H,19,20). The van der Waals surface area contributed by atoms with Gasteiger partial charge in [-0.2, -0.15) is 0 Å². The SMILES string of the molecule is O=C(O)c1ccc(C(=O)N2CCOC3(CCCC3)C2)cc1. The molecule has 1 saturated heterocycles. The first-order valence-corrected chi connectivity index (χ1v) is 7.36. The first-order valence-electron chi connectivity index (χ1n) is 7.36. The molecule has 21 heavy (non-hydrogen) atoms. The molecule has 5 nitrogen and oxygen atoms in total. The second-order valence-electron chi connectivity index (χ2n) is 5.85. The van der Waals surface area contributed by atoms with Crippen molar-refractivity contribution in [2.45, 2.75) is 31.3 Å². The number of carbonyl (C=O) groups excluding carboxylic acids is 1. The summed E-state index contributed by atoms with van der Waals surface area (Å²) in [5.41, 5.74) is 0.588. The third-order valence-corrected chi connectivity index (χ3v) is 4.43. The lowest BCUT2D eigenvalue weighted by molar-refractivity contribution is -0.0948. The van der Waals surface area contributed by atoms with Gasteiger partial charge in [0.25, 0.3) is 5.91 Å². The molecule has 0 radical (unpaired) electrons. The Kier molecular flexibility index (Phi) is 3.68. The molecule has 1 aromatic carbocycles. The van der Waals surface area contributed by atoms with Gasteiger partial charge < -0.3 is 14.7 Å². The van der Waals surface area contributed by atoms with Gasteiger partial charge in [0, 0.05) is 12.1 Å². The second kappa shape index (κ2) is 5.48. The van der Waals surface area contributed by atoms with Crippen LogP contribution < -0.4 is 0 Å². The summed E-state index contributed by atoms with van der Waals surface area (Å²) in [6.45, 7) is 1.83. The molecule has 0 atom stereocenters. The molecule has 0 unspecified atom stereocenters. The van der Waals surface area contributed by atoms with Crippen molar-refractivity contribution in [1.29, 1.82) is 0 Å². The van der Waals surface area contributed by atoms with Crippen molar-refractivity contribution in [2.75, 3.05) is 19.7 Å². The van der Waals surface area contributed by atoms with E-state index in [1.165, 1.54) is 12.1 Å². The number of nitrogens with zero attached hydrogens (tertiary/aromatic N) is 1. The van der Waals surface area contributed by atoms with Crippen LogP contribution in [0.15, 0.2) is 24.3 Å². The highest BCUT2D eigenvalue weighted by Gasteiger charge is 2.40. The van der Waals surface area contributed by atoms with E-state index in [0.29, 0.717) is 25.3 Å². The molecule has 2 fully saturated rings. The van der Waals surface area contributed by atoms with Gasteiger partial charge in [0.15, 0.2) is 0 Å². The fourth-order valence-corrected chi connectivity index (χ4v) is 3.28. The van der Waals surface area contributed by atoms with Crippen molar-refractivity contribution in [3.63, 3.8) is 0 Å². The lowest BCUT2D eigenvalue weighted by Crippen LogP contribution is -2.52. The van der Waals surface area contributed by atoms with Gasteiger partial charge in [-0.3, -0.25) is 4.79 Å². The van der Waals surface area contributed by atoms with Crippen molar-refractivity contribution >= 4 is 11.9 Å². The normalized spacial score (nSPS) is 20.7. The van der Waals surface area contributed by atoms with Gasteiger partial charge in [-0.05, 0) is 37.1 Å². The van der Waals surface area contributed by atoms with Crippen LogP contribution in [0.25, 0.3) is 0 Å². The number of hydrogen-bond acceptors (Lipinski definition) is 3. The fraction of sp³-hybridized carbons (Fsp3) is 0.500. The van der Waals surface area contributed by atoms with E-state index in [9.17, 15) is 9.59 Å². The molecule has 112 valence electrons. The van der Waals surface area contributed by atoms with Crippen LogP contribution in [0, 0.1) is 0 Å². The Hall–Kier alpha value is -1.88. The maximum atomic E-state index is 12.5. The lowest BCUT2D eigenvalue weighted by atomic mass is 9.99. The molecule has 1 aliphatic carbocycles. The minimum Gasteiger partial charge on any atom is -0.478 e. The monoisotopic (exact) mass is 289 g/mol. The van der Waals surface area contributed by atoms with Crippen LogP contribution in [0.1, 0.15) is 46.4 Å². The zero-order chi connectivity index (χ0) is 14.9. The lowest BCUT2D eigenvalue weighted by Gasteiger charge is -2.40. The molecule has 1 aliphatic heterocycles. The van der Waals surface area contributed by atoms with Crippen LogP contribution in [-0.2, 0) is 4.74 Å². The number of morpholine rings is 1. The highest BCUT2D eigenvalue weighted by atomic mass is 16.5. The molecule has 3 rings (SSSR count). The minimum absolute atomic E-state index is 0.0403. The molecule has 1 N–H and O–H groups in total. The summed E-state index contributed by atoms with van der Waals surface area (Å²) in [5.74, 6) is -1.02. The Morgan fingerprint density at radius 1 is 1.10 bits per heavy atom. The zero-order valence-corrected chi connectivity index (χ0v) is 11.9. The third-order valence-electron chi connectivity index (χ3n) is 4.43. The topological polar surface area (TPSA) is 66.8 Å². The van der Waals surface area contributed by atoms with E-state index in [1.54, 1.807) is 12.1 Å². The molecule has 1 heterocycles.